The van der Waals surface area contributed by atoms with Gasteiger partial charge in [-0.3, -0.25) is 0 Å². The molecule has 3 rings (SSSR count). The van der Waals surface area contributed by atoms with Gasteiger partial charge in [-0.2, -0.15) is 0 Å². The van der Waals surface area contributed by atoms with E-state index >= 15 is 0 Å². The Morgan fingerprint density at radius 2 is 1.75 bits per heavy atom. The number of benzene rings is 2. The van der Waals surface area contributed by atoms with Crippen molar-refractivity contribution in [3.63, 3.8) is 0 Å². The van der Waals surface area contributed by atoms with Gasteiger partial charge in [-0.1, -0.05) is 39.0 Å². The van der Waals surface area contributed by atoms with Gasteiger partial charge in [0.15, 0.2) is 5.58 Å². The van der Waals surface area contributed by atoms with Crippen LogP contribution in [0.1, 0.15) is 26.3 Å². The van der Waals surface area contributed by atoms with Gasteiger partial charge in [0.2, 0.25) is 5.89 Å². The summed E-state index contributed by atoms with van der Waals surface area (Å²) in [6, 6.07) is 13.7. The first-order valence-corrected chi connectivity index (χ1v) is 6.71. The van der Waals surface area contributed by atoms with E-state index in [9.17, 15) is 0 Å². The highest BCUT2D eigenvalue weighted by Gasteiger charge is 2.21. The average molecular weight is 266 g/mol. The van der Waals surface area contributed by atoms with Crippen LogP contribution in [-0.2, 0) is 5.41 Å². The molecule has 0 bridgehead atoms. The maximum absolute atomic E-state index is 6.00. The molecule has 1 aromatic heterocycles. The van der Waals surface area contributed by atoms with Crippen LogP contribution in [0.15, 0.2) is 46.9 Å². The minimum absolute atomic E-state index is 0.0406. The average Bonchev–Trinajstić information content (AvgIpc) is 2.81. The summed E-state index contributed by atoms with van der Waals surface area (Å²) >= 11 is 0. The van der Waals surface area contributed by atoms with Crippen LogP contribution in [0.4, 0.5) is 5.69 Å². The number of hydrogen-bond donors (Lipinski definition) is 1. The lowest BCUT2D eigenvalue weighted by molar-refractivity contribution is 0.562. The molecular formula is C17H18N2O. The highest BCUT2D eigenvalue weighted by molar-refractivity contribution is 5.83. The first-order chi connectivity index (χ1) is 9.45. The standard InChI is InChI=1S/C17H18N2O/c1-17(2,3)13-9-12(18)10-14-15(13)20-16(19-14)11-7-5-4-6-8-11/h4-10H,18H2,1-3H3. The summed E-state index contributed by atoms with van der Waals surface area (Å²) < 4.78 is 6.00. The minimum atomic E-state index is -0.0406. The van der Waals surface area contributed by atoms with Gasteiger partial charge in [-0.25, -0.2) is 4.98 Å². The predicted octanol–water partition coefficient (Wildman–Crippen LogP) is 4.37. The second-order valence-electron chi connectivity index (χ2n) is 6.05. The summed E-state index contributed by atoms with van der Waals surface area (Å²) in [4.78, 5) is 4.57. The molecule has 0 aliphatic heterocycles. The molecule has 3 heteroatoms. The third-order valence-electron chi connectivity index (χ3n) is 3.34. The first kappa shape index (κ1) is 12.7. The van der Waals surface area contributed by atoms with Crippen molar-refractivity contribution in [1.29, 1.82) is 0 Å². The zero-order chi connectivity index (χ0) is 14.3. The van der Waals surface area contributed by atoms with E-state index in [2.05, 4.69) is 25.8 Å². The van der Waals surface area contributed by atoms with Crippen molar-refractivity contribution in [2.24, 2.45) is 0 Å². The molecule has 0 saturated heterocycles. The van der Waals surface area contributed by atoms with Crippen LogP contribution in [0, 0.1) is 0 Å². The minimum Gasteiger partial charge on any atom is -0.436 e. The number of nitrogens with zero attached hydrogens (tertiary/aromatic N) is 1. The van der Waals surface area contributed by atoms with Gasteiger partial charge in [-0.15, -0.1) is 0 Å². The van der Waals surface area contributed by atoms with Crippen molar-refractivity contribution in [3.8, 4) is 11.5 Å². The van der Waals surface area contributed by atoms with Crippen molar-refractivity contribution in [2.75, 3.05) is 5.73 Å². The van der Waals surface area contributed by atoms with Gasteiger partial charge in [0, 0.05) is 16.8 Å². The molecule has 0 spiro atoms. The monoisotopic (exact) mass is 266 g/mol. The van der Waals surface area contributed by atoms with Gasteiger partial charge in [-0.05, 0) is 29.7 Å². The largest absolute Gasteiger partial charge is 0.436 e. The van der Waals surface area contributed by atoms with Crippen LogP contribution in [0.3, 0.4) is 0 Å². The third kappa shape index (κ3) is 2.16. The molecule has 0 saturated carbocycles. The van der Waals surface area contributed by atoms with E-state index < -0.39 is 0 Å². The maximum Gasteiger partial charge on any atom is 0.227 e. The fourth-order valence-corrected chi connectivity index (χ4v) is 2.32. The van der Waals surface area contributed by atoms with E-state index in [1.165, 1.54) is 0 Å². The molecule has 0 radical (unpaired) electrons. The molecule has 20 heavy (non-hydrogen) atoms. The summed E-state index contributed by atoms with van der Waals surface area (Å²) in [6.07, 6.45) is 0. The SMILES string of the molecule is CC(C)(C)c1cc(N)cc2nc(-c3ccccc3)oc12. The van der Waals surface area contributed by atoms with Crippen molar-refractivity contribution in [2.45, 2.75) is 26.2 Å². The molecule has 2 N–H and O–H groups in total. The van der Waals surface area contributed by atoms with Crippen LogP contribution in [0.25, 0.3) is 22.6 Å². The van der Waals surface area contributed by atoms with Crippen molar-refractivity contribution in [3.05, 3.63) is 48.0 Å². The number of aromatic nitrogens is 1. The molecule has 0 aliphatic rings. The Morgan fingerprint density at radius 3 is 2.40 bits per heavy atom. The lowest BCUT2D eigenvalue weighted by atomic mass is 9.86. The highest BCUT2D eigenvalue weighted by Crippen LogP contribution is 2.34. The molecule has 0 unspecified atom stereocenters. The summed E-state index contributed by atoms with van der Waals surface area (Å²) in [5.41, 5.74) is 10.4. The van der Waals surface area contributed by atoms with E-state index in [1.54, 1.807) is 0 Å². The molecule has 3 aromatic rings. The Kier molecular flexibility index (Phi) is 2.78. The van der Waals surface area contributed by atoms with Crippen LogP contribution in [-0.4, -0.2) is 4.98 Å². The fourth-order valence-electron chi connectivity index (χ4n) is 2.32. The Bertz CT molecular complexity index is 752. The number of oxazole rings is 1. The summed E-state index contributed by atoms with van der Waals surface area (Å²) in [5, 5.41) is 0. The summed E-state index contributed by atoms with van der Waals surface area (Å²) in [6.45, 7) is 6.43. The molecule has 3 nitrogen and oxygen atoms in total. The van der Waals surface area contributed by atoms with E-state index in [1.807, 2.05) is 42.5 Å². The lowest BCUT2D eigenvalue weighted by Crippen LogP contribution is -2.11. The normalized spacial score (nSPS) is 11.9. The van der Waals surface area contributed by atoms with E-state index in [-0.39, 0.29) is 5.41 Å². The van der Waals surface area contributed by atoms with Crippen LogP contribution in [0.2, 0.25) is 0 Å². The van der Waals surface area contributed by atoms with E-state index in [0.29, 0.717) is 5.89 Å². The van der Waals surface area contributed by atoms with Gasteiger partial charge in [0.25, 0.3) is 0 Å². The lowest BCUT2D eigenvalue weighted by Gasteiger charge is -2.19. The number of nitrogen functional groups attached to an aromatic ring is 1. The number of nitrogens with two attached hydrogens (primary N) is 1. The van der Waals surface area contributed by atoms with Gasteiger partial charge >= 0.3 is 0 Å². The zero-order valence-electron chi connectivity index (χ0n) is 12.0. The Labute approximate surface area is 118 Å². The topological polar surface area (TPSA) is 52.0 Å². The molecule has 102 valence electrons. The molecule has 2 aromatic carbocycles. The smallest absolute Gasteiger partial charge is 0.227 e. The number of rotatable bonds is 1. The van der Waals surface area contributed by atoms with E-state index in [0.717, 1.165) is 27.9 Å². The number of anilines is 1. The Balaban J connectivity index is 2.26. The summed E-state index contributed by atoms with van der Waals surface area (Å²) in [5.74, 6) is 0.636. The highest BCUT2D eigenvalue weighted by atomic mass is 16.3. The summed E-state index contributed by atoms with van der Waals surface area (Å²) in [7, 11) is 0. The number of hydrogen-bond acceptors (Lipinski definition) is 3. The Morgan fingerprint density at radius 1 is 1.05 bits per heavy atom. The quantitative estimate of drug-likeness (QED) is 0.665. The molecular weight excluding hydrogens is 248 g/mol. The van der Waals surface area contributed by atoms with Crippen molar-refractivity contribution >= 4 is 16.8 Å². The van der Waals surface area contributed by atoms with Crippen LogP contribution < -0.4 is 5.73 Å². The molecule has 0 aliphatic carbocycles. The van der Waals surface area contributed by atoms with Gasteiger partial charge < -0.3 is 10.2 Å². The van der Waals surface area contributed by atoms with Crippen LogP contribution in [0.5, 0.6) is 0 Å². The predicted molar refractivity (Wildman–Crippen MR) is 82.6 cm³/mol. The first-order valence-electron chi connectivity index (χ1n) is 6.71. The second kappa shape index (κ2) is 4.37. The van der Waals surface area contributed by atoms with Crippen molar-refractivity contribution in [1.82, 2.24) is 4.98 Å². The van der Waals surface area contributed by atoms with Crippen LogP contribution >= 0.6 is 0 Å². The van der Waals surface area contributed by atoms with Crippen molar-refractivity contribution < 1.29 is 4.42 Å². The third-order valence-corrected chi connectivity index (χ3v) is 3.34. The fraction of sp³-hybridized carbons (Fsp3) is 0.235. The molecule has 1 heterocycles. The zero-order valence-corrected chi connectivity index (χ0v) is 12.0. The molecule has 0 amide bonds. The maximum atomic E-state index is 6.00. The molecule has 0 fully saturated rings. The van der Waals surface area contributed by atoms with E-state index in [4.69, 9.17) is 10.2 Å². The molecule has 0 atom stereocenters. The number of fused-ring (bicyclic) bond motifs is 1. The van der Waals surface area contributed by atoms with Gasteiger partial charge in [0.1, 0.15) is 5.52 Å². The second-order valence-corrected chi connectivity index (χ2v) is 6.05. The Hall–Kier alpha value is -2.29. The van der Waals surface area contributed by atoms with Gasteiger partial charge in [0.05, 0.1) is 0 Å².